The molecule has 29 heavy (non-hydrogen) atoms. The first-order chi connectivity index (χ1) is 13.9. The number of halogens is 1. The lowest BCUT2D eigenvalue weighted by atomic mass is 10.2. The molecule has 0 bridgehead atoms. The van der Waals surface area contributed by atoms with Crippen molar-refractivity contribution in [3.05, 3.63) is 95.9 Å². The van der Waals surface area contributed by atoms with E-state index in [-0.39, 0.29) is 28.6 Å². The molecule has 2 aromatic carbocycles. The first-order valence-electron chi connectivity index (χ1n) is 8.72. The van der Waals surface area contributed by atoms with E-state index in [1.807, 2.05) is 0 Å². The standard InChI is InChI=1S/C21H19ClN2O4S/c1-2-12-24(16-7-4-3-5-8-16)29(26,27)18-10-11-20(22)19(14-18)21(25)23-15-17-9-6-13-28-17/h2-11,13-14H,1,12,15H2,(H,23,25). The fourth-order valence-corrected chi connectivity index (χ4v) is 4.36. The van der Waals surface area contributed by atoms with Crippen LogP contribution in [-0.2, 0) is 16.6 Å². The van der Waals surface area contributed by atoms with Crippen molar-refractivity contribution in [1.82, 2.24) is 5.32 Å². The van der Waals surface area contributed by atoms with Crippen LogP contribution in [0.2, 0.25) is 5.02 Å². The van der Waals surface area contributed by atoms with E-state index in [1.54, 1.807) is 42.5 Å². The van der Waals surface area contributed by atoms with Crippen LogP contribution >= 0.6 is 11.6 Å². The summed E-state index contributed by atoms with van der Waals surface area (Å²) in [6.45, 7) is 3.88. The molecule has 0 aliphatic rings. The van der Waals surface area contributed by atoms with Crippen LogP contribution in [0.1, 0.15) is 16.1 Å². The summed E-state index contributed by atoms with van der Waals surface area (Å²) in [5.41, 5.74) is 0.553. The summed E-state index contributed by atoms with van der Waals surface area (Å²) in [5.74, 6) is 0.0675. The highest BCUT2D eigenvalue weighted by Crippen LogP contribution is 2.26. The van der Waals surface area contributed by atoms with Crippen molar-refractivity contribution in [3.8, 4) is 0 Å². The fraction of sp³-hybridized carbons (Fsp3) is 0.0952. The minimum Gasteiger partial charge on any atom is -0.467 e. The number of carbonyl (C=O) groups excluding carboxylic acids is 1. The second-order valence-electron chi connectivity index (χ2n) is 6.06. The SMILES string of the molecule is C=CCN(c1ccccc1)S(=O)(=O)c1ccc(Cl)c(C(=O)NCc2ccco2)c1. The quantitative estimate of drug-likeness (QED) is 0.542. The average molecular weight is 431 g/mol. The summed E-state index contributed by atoms with van der Waals surface area (Å²) in [5, 5.41) is 2.81. The van der Waals surface area contributed by atoms with Gasteiger partial charge in [0.1, 0.15) is 5.76 Å². The molecule has 0 aliphatic carbocycles. The highest BCUT2D eigenvalue weighted by Gasteiger charge is 2.25. The third-order valence-electron chi connectivity index (χ3n) is 4.11. The molecule has 1 aromatic heterocycles. The van der Waals surface area contributed by atoms with E-state index < -0.39 is 15.9 Å². The van der Waals surface area contributed by atoms with Gasteiger partial charge in [-0.1, -0.05) is 35.9 Å². The van der Waals surface area contributed by atoms with Gasteiger partial charge >= 0.3 is 0 Å². The molecule has 0 fully saturated rings. The Morgan fingerprint density at radius 3 is 2.55 bits per heavy atom. The second kappa shape index (κ2) is 8.98. The Morgan fingerprint density at radius 1 is 1.14 bits per heavy atom. The summed E-state index contributed by atoms with van der Waals surface area (Å²) in [7, 11) is -3.94. The van der Waals surface area contributed by atoms with E-state index in [1.165, 1.54) is 34.8 Å². The smallest absolute Gasteiger partial charge is 0.264 e. The number of amides is 1. The Hall–Kier alpha value is -3.03. The lowest BCUT2D eigenvalue weighted by Crippen LogP contribution is -2.31. The highest BCUT2D eigenvalue weighted by atomic mass is 35.5. The molecule has 0 radical (unpaired) electrons. The number of hydrogen-bond acceptors (Lipinski definition) is 4. The molecule has 150 valence electrons. The molecule has 3 aromatic rings. The lowest BCUT2D eigenvalue weighted by molar-refractivity contribution is 0.0948. The van der Waals surface area contributed by atoms with Crippen molar-refractivity contribution in [3.63, 3.8) is 0 Å². The van der Waals surface area contributed by atoms with Gasteiger partial charge in [0.05, 0.1) is 40.5 Å². The number of furan rings is 1. The number of rotatable bonds is 8. The van der Waals surface area contributed by atoms with Gasteiger partial charge in [-0.3, -0.25) is 9.10 Å². The van der Waals surface area contributed by atoms with E-state index in [2.05, 4.69) is 11.9 Å². The van der Waals surface area contributed by atoms with E-state index in [9.17, 15) is 13.2 Å². The first-order valence-corrected chi connectivity index (χ1v) is 10.5. The number of hydrogen-bond donors (Lipinski definition) is 1. The number of nitrogens with one attached hydrogen (secondary N) is 1. The Balaban J connectivity index is 1.92. The van der Waals surface area contributed by atoms with Gasteiger partial charge in [-0.2, -0.15) is 0 Å². The Bertz CT molecular complexity index is 1100. The maximum absolute atomic E-state index is 13.2. The molecule has 0 atom stereocenters. The minimum absolute atomic E-state index is 0.0456. The highest BCUT2D eigenvalue weighted by molar-refractivity contribution is 7.92. The molecule has 0 spiro atoms. The number of nitrogens with zero attached hydrogens (tertiary/aromatic N) is 1. The third-order valence-corrected chi connectivity index (χ3v) is 6.23. The van der Waals surface area contributed by atoms with Crippen LogP contribution in [0.5, 0.6) is 0 Å². The van der Waals surface area contributed by atoms with Crippen LogP contribution in [0.3, 0.4) is 0 Å². The zero-order valence-corrected chi connectivity index (χ0v) is 17.0. The van der Waals surface area contributed by atoms with Crippen molar-refractivity contribution in [2.45, 2.75) is 11.4 Å². The molecular weight excluding hydrogens is 412 g/mol. The predicted molar refractivity (Wildman–Crippen MR) is 113 cm³/mol. The maximum atomic E-state index is 13.2. The third kappa shape index (κ3) is 4.70. The summed E-state index contributed by atoms with van der Waals surface area (Å²) < 4.78 is 32.9. The number of benzene rings is 2. The topological polar surface area (TPSA) is 79.6 Å². The zero-order valence-electron chi connectivity index (χ0n) is 15.4. The number of para-hydroxylation sites is 1. The molecule has 0 saturated heterocycles. The molecular formula is C21H19ClN2O4S. The molecule has 1 heterocycles. The average Bonchev–Trinajstić information content (AvgIpc) is 3.24. The molecule has 3 rings (SSSR count). The number of carbonyl (C=O) groups is 1. The van der Waals surface area contributed by atoms with Crippen molar-refractivity contribution in [1.29, 1.82) is 0 Å². The summed E-state index contributed by atoms with van der Waals surface area (Å²) >= 11 is 6.15. The van der Waals surface area contributed by atoms with Gasteiger partial charge in [-0.05, 0) is 42.5 Å². The van der Waals surface area contributed by atoms with E-state index in [0.29, 0.717) is 11.4 Å². The first kappa shape index (κ1) is 20.7. The van der Waals surface area contributed by atoms with Crippen LogP contribution in [0, 0.1) is 0 Å². The van der Waals surface area contributed by atoms with Crippen molar-refractivity contribution in [2.24, 2.45) is 0 Å². The largest absolute Gasteiger partial charge is 0.467 e. The van der Waals surface area contributed by atoms with Crippen LogP contribution in [-0.4, -0.2) is 20.9 Å². The van der Waals surface area contributed by atoms with Crippen LogP contribution in [0.15, 0.2) is 88.9 Å². The molecule has 0 aliphatic heterocycles. The van der Waals surface area contributed by atoms with Crippen LogP contribution in [0.25, 0.3) is 0 Å². The van der Waals surface area contributed by atoms with Crippen molar-refractivity contribution in [2.75, 3.05) is 10.8 Å². The summed E-state index contributed by atoms with van der Waals surface area (Å²) in [6.07, 6.45) is 3.00. The minimum atomic E-state index is -3.94. The van der Waals surface area contributed by atoms with Gasteiger partial charge in [0.25, 0.3) is 15.9 Å². The number of sulfonamides is 1. The van der Waals surface area contributed by atoms with Crippen molar-refractivity contribution >= 4 is 33.2 Å². The Morgan fingerprint density at radius 2 is 1.90 bits per heavy atom. The predicted octanol–water partition coefficient (Wildman–Crippen LogP) is 4.24. The van der Waals surface area contributed by atoms with Crippen LogP contribution in [0.4, 0.5) is 5.69 Å². The molecule has 6 nitrogen and oxygen atoms in total. The summed E-state index contributed by atoms with van der Waals surface area (Å²) in [4.78, 5) is 12.5. The molecule has 8 heteroatoms. The van der Waals surface area contributed by atoms with E-state index in [0.717, 1.165) is 0 Å². The van der Waals surface area contributed by atoms with Gasteiger partial charge in [-0.15, -0.1) is 6.58 Å². The monoisotopic (exact) mass is 430 g/mol. The lowest BCUT2D eigenvalue weighted by Gasteiger charge is -2.23. The van der Waals surface area contributed by atoms with Gasteiger partial charge in [-0.25, -0.2) is 8.42 Å². The normalized spacial score (nSPS) is 11.1. The maximum Gasteiger partial charge on any atom is 0.264 e. The Kier molecular flexibility index (Phi) is 6.41. The van der Waals surface area contributed by atoms with E-state index in [4.69, 9.17) is 16.0 Å². The molecule has 0 unspecified atom stereocenters. The number of anilines is 1. The van der Waals surface area contributed by atoms with E-state index >= 15 is 0 Å². The molecule has 1 N–H and O–H groups in total. The second-order valence-corrected chi connectivity index (χ2v) is 8.33. The van der Waals surface area contributed by atoms with Gasteiger partial charge in [0, 0.05) is 0 Å². The fourth-order valence-electron chi connectivity index (χ4n) is 2.70. The van der Waals surface area contributed by atoms with Gasteiger partial charge < -0.3 is 9.73 Å². The molecule has 1 amide bonds. The zero-order chi connectivity index (χ0) is 20.9. The van der Waals surface area contributed by atoms with Crippen molar-refractivity contribution < 1.29 is 17.6 Å². The van der Waals surface area contributed by atoms with Gasteiger partial charge in [0.15, 0.2) is 0 Å². The van der Waals surface area contributed by atoms with Gasteiger partial charge in [0.2, 0.25) is 0 Å². The van der Waals surface area contributed by atoms with Crippen LogP contribution < -0.4 is 9.62 Å². The molecule has 0 saturated carbocycles. The Labute approximate surface area is 174 Å². The summed E-state index contributed by atoms with van der Waals surface area (Å²) in [6, 6.07) is 16.1.